The molecule has 0 spiro atoms. The molecule has 122 valence electrons. The molecule has 1 amide bonds. The van der Waals surface area contributed by atoms with E-state index in [1.54, 1.807) is 25.1 Å². The van der Waals surface area contributed by atoms with Crippen molar-refractivity contribution < 1.29 is 14.3 Å². The van der Waals surface area contributed by atoms with Crippen molar-refractivity contribution in [3.63, 3.8) is 0 Å². The van der Waals surface area contributed by atoms with E-state index in [1.165, 1.54) is 0 Å². The molecule has 5 heteroatoms. The molecule has 0 bridgehead atoms. The lowest BCUT2D eigenvalue weighted by molar-refractivity contribution is -0.128. The van der Waals surface area contributed by atoms with Gasteiger partial charge in [-0.25, -0.2) is 4.39 Å². The Balaban J connectivity index is 2.45. The van der Waals surface area contributed by atoms with Gasteiger partial charge in [0, 0.05) is 27.1 Å². The van der Waals surface area contributed by atoms with Gasteiger partial charge in [-0.2, -0.15) is 0 Å². The van der Waals surface area contributed by atoms with E-state index in [2.05, 4.69) is 5.32 Å². The maximum Gasteiger partial charge on any atom is 0.222 e. The lowest BCUT2D eigenvalue weighted by Crippen LogP contribution is -2.23. The highest BCUT2D eigenvalue weighted by atomic mass is 19.1. The van der Waals surface area contributed by atoms with Crippen LogP contribution in [-0.4, -0.2) is 43.2 Å². The number of hydrogen-bond donors (Lipinski definition) is 2. The summed E-state index contributed by atoms with van der Waals surface area (Å²) in [6.45, 7) is -0.385. The molecule has 0 aliphatic heterocycles. The van der Waals surface area contributed by atoms with Crippen LogP contribution in [0.3, 0.4) is 0 Å². The van der Waals surface area contributed by atoms with Crippen LogP contribution in [0.25, 0.3) is 6.08 Å². The van der Waals surface area contributed by atoms with Crippen molar-refractivity contribution in [2.45, 2.75) is 25.5 Å². The van der Waals surface area contributed by atoms with E-state index in [0.717, 1.165) is 18.4 Å². The first-order chi connectivity index (χ1) is 10.5. The van der Waals surface area contributed by atoms with E-state index >= 15 is 0 Å². The van der Waals surface area contributed by atoms with Crippen molar-refractivity contribution in [1.29, 1.82) is 0 Å². The first-order valence-corrected chi connectivity index (χ1v) is 7.48. The molecule has 0 saturated heterocycles. The quantitative estimate of drug-likeness (QED) is 0.544. The summed E-state index contributed by atoms with van der Waals surface area (Å²) in [6.07, 6.45) is 5.31. The van der Waals surface area contributed by atoms with Crippen molar-refractivity contribution in [1.82, 2.24) is 10.2 Å². The van der Waals surface area contributed by atoms with Gasteiger partial charge >= 0.3 is 0 Å². The average Bonchev–Trinajstić information content (AvgIpc) is 2.52. The Kier molecular flexibility index (Phi) is 8.40. The van der Waals surface area contributed by atoms with Gasteiger partial charge < -0.3 is 10.0 Å². The number of alkyl halides is 1. The highest BCUT2D eigenvalue weighted by Crippen LogP contribution is 2.14. The molecule has 22 heavy (non-hydrogen) atoms. The SMILES string of the molecule is CN(C)C(=O)CCC/C=C\c1cccc(C(O)NCCF)c1. The Hall–Kier alpha value is -1.72. The largest absolute Gasteiger partial charge is 0.374 e. The predicted molar refractivity (Wildman–Crippen MR) is 87.0 cm³/mol. The minimum absolute atomic E-state index is 0.126. The number of carbonyl (C=O) groups excluding carboxylic acids is 1. The Labute approximate surface area is 131 Å². The summed E-state index contributed by atoms with van der Waals surface area (Å²) in [7, 11) is 3.51. The molecule has 1 unspecified atom stereocenters. The fourth-order valence-electron chi connectivity index (χ4n) is 1.96. The molecule has 0 aromatic heterocycles. The number of benzene rings is 1. The summed E-state index contributed by atoms with van der Waals surface area (Å²) in [4.78, 5) is 13.0. The van der Waals surface area contributed by atoms with E-state index < -0.39 is 12.9 Å². The number of unbranched alkanes of at least 4 members (excludes halogenated alkanes) is 1. The lowest BCUT2D eigenvalue weighted by Gasteiger charge is -2.12. The van der Waals surface area contributed by atoms with E-state index in [-0.39, 0.29) is 12.5 Å². The van der Waals surface area contributed by atoms with Gasteiger partial charge in [0.15, 0.2) is 0 Å². The van der Waals surface area contributed by atoms with E-state index in [4.69, 9.17) is 0 Å². The van der Waals surface area contributed by atoms with Gasteiger partial charge in [0.2, 0.25) is 5.91 Å². The van der Waals surface area contributed by atoms with Gasteiger partial charge in [0.25, 0.3) is 0 Å². The highest BCUT2D eigenvalue weighted by molar-refractivity contribution is 5.75. The summed E-state index contributed by atoms with van der Waals surface area (Å²) in [5.74, 6) is 0.137. The van der Waals surface area contributed by atoms with Gasteiger partial charge in [-0.15, -0.1) is 0 Å². The molecular weight excluding hydrogens is 283 g/mol. The molecular formula is C17H25FN2O2. The third kappa shape index (κ3) is 6.83. The first-order valence-electron chi connectivity index (χ1n) is 7.48. The van der Waals surface area contributed by atoms with Gasteiger partial charge in [-0.1, -0.05) is 30.4 Å². The van der Waals surface area contributed by atoms with E-state index in [9.17, 15) is 14.3 Å². The second-order valence-electron chi connectivity index (χ2n) is 5.30. The van der Waals surface area contributed by atoms with Crippen LogP contribution < -0.4 is 5.32 Å². The van der Waals surface area contributed by atoms with Crippen molar-refractivity contribution in [3.05, 3.63) is 41.5 Å². The zero-order valence-electron chi connectivity index (χ0n) is 13.3. The molecule has 2 N–H and O–H groups in total. The third-order valence-corrected chi connectivity index (χ3v) is 3.23. The summed E-state index contributed by atoms with van der Waals surface area (Å²) in [6, 6.07) is 7.44. The number of aliphatic hydroxyl groups is 1. The number of amides is 1. The molecule has 1 aromatic rings. The number of hydrogen-bond acceptors (Lipinski definition) is 3. The Bertz CT molecular complexity index is 489. The summed E-state index contributed by atoms with van der Waals surface area (Å²) < 4.78 is 12.1. The van der Waals surface area contributed by atoms with Crippen molar-refractivity contribution in [2.24, 2.45) is 0 Å². The zero-order valence-corrected chi connectivity index (χ0v) is 13.3. The van der Waals surface area contributed by atoms with Crippen LogP contribution >= 0.6 is 0 Å². The number of nitrogens with one attached hydrogen (secondary N) is 1. The molecule has 1 rings (SSSR count). The van der Waals surface area contributed by atoms with Gasteiger partial charge in [0.05, 0.1) is 0 Å². The first kappa shape index (κ1) is 18.3. The molecule has 0 aliphatic rings. The third-order valence-electron chi connectivity index (χ3n) is 3.23. The Morgan fingerprint density at radius 3 is 2.91 bits per heavy atom. The molecule has 0 radical (unpaired) electrons. The lowest BCUT2D eigenvalue weighted by atomic mass is 10.1. The average molecular weight is 308 g/mol. The summed E-state index contributed by atoms with van der Waals surface area (Å²) in [5.41, 5.74) is 1.68. The van der Waals surface area contributed by atoms with Crippen molar-refractivity contribution in [2.75, 3.05) is 27.3 Å². The number of nitrogens with zero attached hydrogens (tertiary/aromatic N) is 1. The van der Waals surface area contributed by atoms with Crippen LogP contribution in [0.2, 0.25) is 0 Å². The number of allylic oxidation sites excluding steroid dienone is 1. The number of rotatable bonds is 9. The van der Waals surface area contributed by atoms with Crippen molar-refractivity contribution >= 4 is 12.0 Å². The fourth-order valence-corrected chi connectivity index (χ4v) is 1.96. The second kappa shape index (κ2) is 10.1. The summed E-state index contributed by atoms with van der Waals surface area (Å²) >= 11 is 0. The molecule has 1 aromatic carbocycles. The predicted octanol–water partition coefficient (Wildman–Crippen LogP) is 2.51. The van der Waals surface area contributed by atoms with Crippen LogP contribution in [0.4, 0.5) is 4.39 Å². The van der Waals surface area contributed by atoms with Crippen molar-refractivity contribution in [3.8, 4) is 0 Å². The molecule has 4 nitrogen and oxygen atoms in total. The van der Waals surface area contributed by atoms with E-state index in [0.29, 0.717) is 12.0 Å². The smallest absolute Gasteiger partial charge is 0.222 e. The van der Waals surface area contributed by atoms with Crippen LogP contribution in [0, 0.1) is 0 Å². The second-order valence-corrected chi connectivity index (χ2v) is 5.30. The van der Waals surface area contributed by atoms with E-state index in [1.807, 2.05) is 30.4 Å². The fraction of sp³-hybridized carbons (Fsp3) is 0.471. The van der Waals surface area contributed by atoms with Crippen LogP contribution in [-0.2, 0) is 4.79 Å². The standard InChI is InChI=1S/C17H25FN2O2/c1-20(2)16(21)10-5-3-4-7-14-8-6-9-15(13-14)17(22)19-12-11-18/h4,6-9,13,17,19,22H,3,5,10-12H2,1-2H3/b7-4-. The number of carbonyl (C=O) groups is 1. The minimum Gasteiger partial charge on any atom is -0.374 e. The van der Waals surface area contributed by atoms with Gasteiger partial charge in [-0.05, 0) is 30.0 Å². The van der Waals surface area contributed by atoms with Gasteiger partial charge in [-0.3, -0.25) is 10.1 Å². The molecule has 0 fully saturated rings. The molecule has 0 saturated carbocycles. The maximum atomic E-state index is 12.1. The normalized spacial score (nSPS) is 12.5. The Morgan fingerprint density at radius 2 is 2.23 bits per heavy atom. The van der Waals surface area contributed by atoms with Gasteiger partial charge in [0.1, 0.15) is 12.9 Å². The topological polar surface area (TPSA) is 52.6 Å². The minimum atomic E-state index is -0.859. The zero-order chi connectivity index (χ0) is 16.4. The monoisotopic (exact) mass is 308 g/mol. The number of aliphatic hydroxyl groups excluding tert-OH is 1. The maximum absolute atomic E-state index is 12.1. The van der Waals surface area contributed by atoms with Crippen LogP contribution in [0.15, 0.2) is 30.3 Å². The van der Waals surface area contributed by atoms with Crippen LogP contribution in [0.1, 0.15) is 36.6 Å². The highest BCUT2D eigenvalue weighted by Gasteiger charge is 2.06. The molecule has 0 aliphatic carbocycles. The molecule has 1 atom stereocenters. The summed E-state index contributed by atoms with van der Waals surface area (Å²) in [5, 5.41) is 12.5. The Morgan fingerprint density at radius 1 is 1.45 bits per heavy atom. The number of halogens is 1. The van der Waals surface area contributed by atoms with Crippen LogP contribution in [0.5, 0.6) is 0 Å². The molecule has 0 heterocycles.